The molecular weight excluding hydrogens is 1640 g/mol. The number of ether oxygens (including phenoxy) is 7. The van der Waals surface area contributed by atoms with Crippen LogP contribution in [-0.4, -0.2) is 46.5 Å². The van der Waals surface area contributed by atoms with Gasteiger partial charge >= 0.3 is 0 Å². The first-order valence-corrected chi connectivity index (χ1v) is 47.4. The zero-order valence-electron chi connectivity index (χ0n) is 86.3. The first-order chi connectivity index (χ1) is 61.2. The quantitative estimate of drug-likeness (QED) is 0.105. The molecule has 10 aromatic carbocycles. The molecule has 0 atom stereocenters. The Bertz CT molecular complexity index is 6760. The van der Waals surface area contributed by atoms with Gasteiger partial charge in [-0.3, -0.25) is 0 Å². The Hall–Kier alpha value is -11.8. The van der Waals surface area contributed by atoms with E-state index >= 15 is 0 Å². The van der Waals surface area contributed by atoms with Crippen LogP contribution in [0.4, 0.5) is 0 Å². The van der Waals surface area contributed by atoms with Gasteiger partial charge in [-0.2, -0.15) is 0 Å². The summed E-state index contributed by atoms with van der Waals surface area (Å²) in [5.74, 6) is 8.41. The van der Waals surface area contributed by atoms with Crippen LogP contribution in [0.3, 0.4) is 0 Å². The standard InChI is InChI=1S/C118H142N8O7/c1-38-127-78-39-40-85-86(59-78)100-119-99(85)120-101-87-60-93(128-79-47-66(107(2,3)4)41-67(48-79)108(5,6)7)94(129-80-49-68(109(8,9)10)42-69(50-80)110(11,12)13)61-88(87)103(122-101)124-105-91-64-97(132-83-55-74(115(26,27)28)45-75(56-83)116(29,30)31)98(133-84-57-76(117(32,33)34)46-77(58-84)118(35,36)37)65-92(91)106(126-105)125-104-90-63-96(131-82-53-72(113(20,21)22)44-73(54-82)114(23,24)25)95(62-89(90)102(121-100)123-104)130-81-51-70(111(14,15)16)43-71(52-81)112(17,18)19/h39-65H,38H2,1-37H3,(H2,119,120,121,122,123,124,125,126). The highest BCUT2D eigenvalue weighted by Crippen LogP contribution is 2.53. The lowest BCUT2D eigenvalue weighted by Gasteiger charge is -2.27. The number of benzene rings is 10. The minimum atomic E-state index is -0.253. The van der Waals surface area contributed by atoms with Crippen molar-refractivity contribution < 1.29 is 33.2 Å². The Labute approximate surface area is 790 Å². The molecule has 8 bridgehead atoms. The van der Waals surface area contributed by atoms with E-state index < -0.39 is 0 Å². The van der Waals surface area contributed by atoms with E-state index in [4.69, 9.17) is 63.1 Å². The van der Waals surface area contributed by atoms with E-state index in [0.29, 0.717) is 160 Å². The molecule has 5 heterocycles. The molecule has 0 saturated carbocycles. The number of nitrogens with one attached hydrogen (secondary N) is 2. The molecule has 2 N–H and O–H groups in total. The predicted octanol–water partition coefficient (Wildman–Crippen LogP) is 33.6. The third-order valence-electron chi connectivity index (χ3n) is 25.5. The van der Waals surface area contributed by atoms with Crippen LogP contribution in [0.15, 0.2) is 164 Å². The second kappa shape index (κ2) is 33.4. The molecule has 0 fully saturated rings. The Morgan fingerprint density at radius 1 is 0.188 bits per heavy atom. The van der Waals surface area contributed by atoms with Gasteiger partial charge in [0, 0.05) is 43.8 Å². The van der Waals surface area contributed by atoms with Gasteiger partial charge in [0.1, 0.15) is 62.8 Å². The second-order valence-corrected chi connectivity index (χ2v) is 49.4. The van der Waals surface area contributed by atoms with Crippen LogP contribution in [0.5, 0.6) is 74.7 Å². The highest BCUT2D eigenvalue weighted by molar-refractivity contribution is 6.08. The number of hydrogen-bond acceptors (Lipinski definition) is 13. The number of nitrogens with zero attached hydrogens (tertiary/aromatic N) is 6. The number of fused-ring (bicyclic) bond motifs is 20. The van der Waals surface area contributed by atoms with Gasteiger partial charge in [0.25, 0.3) is 0 Å². The molecule has 15 rings (SSSR count). The van der Waals surface area contributed by atoms with Gasteiger partial charge in [-0.25, -0.2) is 29.9 Å². The number of H-pyrrole nitrogens is 2. The lowest BCUT2D eigenvalue weighted by Crippen LogP contribution is -2.16. The Morgan fingerprint density at radius 2 is 0.361 bits per heavy atom. The zero-order chi connectivity index (χ0) is 97.1. The molecule has 0 spiro atoms. The van der Waals surface area contributed by atoms with E-state index in [1.807, 2.05) is 61.5 Å². The summed E-state index contributed by atoms with van der Waals surface area (Å²) in [5, 5.41) is 2.72. The maximum atomic E-state index is 7.57. The molecule has 0 aliphatic carbocycles. The number of aromatic nitrogens is 8. The van der Waals surface area contributed by atoms with Crippen LogP contribution in [-0.2, 0) is 65.0 Å². The van der Waals surface area contributed by atoms with Gasteiger partial charge in [-0.15, -0.1) is 0 Å². The van der Waals surface area contributed by atoms with Gasteiger partial charge < -0.3 is 43.1 Å². The fraction of sp³-hybridized carbons (Fsp3) is 0.424. The summed E-state index contributed by atoms with van der Waals surface area (Å²) < 4.78 is 51.6. The van der Waals surface area contributed by atoms with Crippen LogP contribution in [0.25, 0.3) is 89.7 Å². The predicted molar refractivity (Wildman–Crippen MR) is 551 cm³/mol. The van der Waals surface area contributed by atoms with Crippen LogP contribution < -0.4 is 33.2 Å². The molecule has 13 aromatic rings. The SMILES string of the molecule is CCOc1ccc2c3nc4nc(nc5[nH]c(nc6nc(nc([nH]3)c2c1)-c1cc(Oc2cc(C(C)(C)C)cc(C(C)(C)C)c2)c(Oc2cc(C(C)(C)C)cc(C(C)(C)C)c2)cc1-6)c1cc(Oc2cc(C(C)(C)C)cc(C(C)(C)C)c2)c(Oc2cc(C(C)(C)C)cc(C(C)(C)C)c2)cc51)-c1cc(Oc2cc(C(C)(C)C)cc(C(C)(C)C)c2)c(Oc2cc(C(C)(C)C)cc(C(C)(C)C)c2)cc1-4. The van der Waals surface area contributed by atoms with E-state index in [9.17, 15) is 0 Å². The number of aromatic amines is 2. The molecule has 0 amide bonds. The summed E-state index contributed by atoms with van der Waals surface area (Å²) >= 11 is 0. The number of hydrogen-bond donors (Lipinski definition) is 2. The molecule has 0 saturated heterocycles. The second-order valence-electron chi connectivity index (χ2n) is 49.4. The Morgan fingerprint density at radius 3 is 0.541 bits per heavy atom. The van der Waals surface area contributed by atoms with Crippen LogP contribution in [0, 0.1) is 0 Å². The average Bonchev–Trinajstić information content (AvgIpc) is 1.59. The van der Waals surface area contributed by atoms with Crippen LogP contribution >= 0.6 is 0 Å². The normalized spacial score (nSPS) is 13.3. The first-order valence-electron chi connectivity index (χ1n) is 47.4. The van der Waals surface area contributed by atoms with Gasteiger partial charge in [0.15, 0.2) is 57.8 Å². The summed E-state index contributed by atoms with van der Waals surface area (Å²) in [6.07, 6.45) is 0. The zero-order valence-corrected chi connectivity index (χ0v) is 86.3. The van der Waals surface area contributed by atoms with Crippen molar-refractivity contribution in [3.63, 3.8) is 0 Å². The van der Waals surface area contributed by atoms with Crippen molar-refractivity contribution in [1.82, 2.24) is 39.9 Å². The summed E-state index contributed by atoms with van der Waals surface area (Å²) in [5.41, 5.74) is 14.7. The van der Waals surface area contributed by atoms with E-state index in [2.05, 4.69) is 368 Å². The molecule has 696 valence electrons. The molecule has 15 heteroatoms. The average molecular weight is 1780 g/mol. The molecular formula is C118H142N8O7. The Kier molecular flexibility index (Phi) is 24.0. The molecule has 2 aliphatic rings. The van der Waals surface area contributed by atoms with Crippen LogP contribution in [0.1, 0.15) is 323 Å². The maximum Gasteiger partial charge on any atom is 0.170 e. The van der Waals surface area contributed by atoms with Crippen molar-refractivity contribution in [2.24, 2.45) is 0 Å². The Balaban J connectivity index is 1.11. The smallest absolute Gasteiger partial charge is 0.170 e. The monoisotopic (exact) mass is 1780 g/mol. The van der Waals surface area contributed by atoms with E-state index in [1.54, 1.807) is 0 Å². The molecule has 0 radical (unpaired) electrons. The molecule has 0 unspecified atom stereocenters. The third-order valence-corrected chi connectivity index (χ3v) is 25.5. The molecule has 15 nitrogen and oxygen atoms in total. The van der Waals surface area contributed by atoms with Crippen LogP contribution in [0.2, 0.25) is 0 Å². The van der Waals surface area contributed by atoms with Gasteiger partial charge in [0.05, 0.1) is 6.61 Å². The van der Waals surface area contributed by atoms with Crippen molar-refractivity contribution in [3.05, 3.63) is 231 Å². The largest absolute Gasteiger partial charge is 0.494 e. The molecule has 3 aromatic heterocycles. The van der Waals surface area contributed by atoms with E-state index in [0.717, 1.165) is 77.5 Å². The maximum absolute atomic E-state index is 7.57. The van der Waals surface area contributed by atoms with Crippen molar-refractivity contribution >= 4 is 44.1 Å². The van der Waals surface area contributed by atoms with Crippen molar-refractivity contribution in [2.75, 3.05) is 6.61 Å². The van der Waals surface area contributed by atoms with Crippen molar-refractivity contribution in [3.8, 4) is 120 Å². The summed E-state index contributed by atoms with van der Waals surface area (Å²) in [6.45, 7) is 83.0. The highest BCUT2D eigenvalue weighted by Gasteiger charge is 2.35. The minimum Gasteiger partial charge on any atom is -0.494 e. The lowest BCUT2D eigenvalue weighted by molar-refractivity contribution is 0.341. The summed E-state index contributed by atoms with van der Waals surface area (Å²) in [7, 11) is 0. The molecule has 133 heavy (non-hydrogen) atoms. The lowest BCUT2D eigenvalue weighted by atomic mass is 9.80. The summed E-state index contributed by atoms with van der Waals surface area (Å²) in [6, 6.07) is 57.8. The summed E-state index contributed by atoms with van der Waals surface area (Å²) in [4.78, 5) is 42.2. The van der Waals surface area contributed by atoms with E-state index in [1.165, 1.54) is 0 Å². The fourth-order valence-electron chi connectivity index (χ4n) is 16.4. The minimum absolute atomic E-state index is 0.237. The van der Waals surface area contributed by atoms with Gasteiger partial charge in [-0.05, 0) is 266 Å². The highest BCUT2D eigenvalue weighted by atomic mass is 16.5. The van der Waals surface area contributed by atoms with Gasteiger partial charge in [-0.1, -0.05) is 286 Å². The third kappa shape index (κ3) is 20.8. The molecule has 2 aliphatic heterocycles. The topological polar surface area (TPSA) is 174 Å². The van der Waals surface area contributed by atoms with E-state index in [-0.39, 0.29) is 65.0 Å². The first kappa shape index (κ1) is 95.8. The number of rotatable bonds is 14. The fourth-order valence-corrected chi connectivity index (χ4v) is 16.4. The van der Waals surface area contributed by atoms with Crippen molar-refractivity contribution in [1.29, 1.82) is 0 Å². The van der Waals surface area contributed by atoms with Crippen molar-refractivity contribution in [2.45, 2.75) is 321 Å². The van der Waals surface area contributed by atoms with Gasteiger partial charge in [0.2, 0.25) is 0 Å².